The maximum atomic E-state index is 3.52. The molecule has 2 nitrogen and oxygen atoms in total. The Bertz CT molecular complexity index is 538. The van der Waals surface area contributed by atoms with Crippen LogP contribution in [-0.2, 0) is 6.42 Å². The van der Waals surface area contributed by atoms with E-state index in [1.807, 2.05) is 0 Å². The number of hydrogen-bond acceptors (Lipinski definition) is 1. The molecular formula is C14H17BrN2. The van der Waals surface area contributed by atoms with E-state index >= 15 is 0 Å². The zero-order valence-corrected chi connectivity index (χ0v) is 11.6. The van der Waals surface area contributed by atoms with Crippen LogP contribution >= 0.6 is 15.9 Å². The lowest BCUT2D eigenvalue weighted by Gasteiger charge is -2.08. The summed E-state index contributed by atoms with van der Waals surface area (Å²) < 4.78 is 1.14. The predicted molar refractivity (Wildman–Crippen MR) is 75.4 cm³/mol. The Balaban J connectivity index is 1.99. The Kier molecular flexibility index (Phi) is 2.97. The van der Waals surface area contributed by atoms with E-state index in [2.05, 4.69) is 51.4 Å². The van der Waals surface area contributed by atoms with Crippen LogP contribution in [0.2, 0.25) is 0 Å². The molecule has 1 unspecified atom stereocenters. The molecule has 0 amide bonds. The van der Waals surface area contributed by atoms with E-state index in [9.17, 15) is 0 Å². The molecule has 0 spiro atoms. The molecule has 0 radical (unpaired) electrons. The lowest BCUT2D eigenvalue weighted by Crippen LogP contribution is -2.11. The van der Waals surface area contributed by atoms with E-state index in [1.54, 1.807) is 0 Å². The second-order valence-corrected chi connectivity index (χ2v) is 5.90. The summed E-state index contributed by atoms with van der Waals surface area (Å²) in [6.45, 7) is 4.53. The topological polar surface area (TPSA) is 27.8 Å². The average Bonchev–Trinajstić information content (AvgIpc) is 2.88. The molecule has 2 aromatic rings. The number of hydrogen-bond donors (Lipinski definition) is 2. The summed E-state index contributed by atoms with van der Waals surface area (Å²) in [5.74, 6) is 0.802. The zero-order valence-electron chi connectivity index (χ0n) is 10.0. The largest absolute Gasteiger partial charge is 0.358 e. The van der Waals surface area contributed by atoms with Gasteiger partial charge in [-0.2, -0.15) is 0 Å². The van der Waals surface area contributed by atoms with E-state index < -0.39 is 0 Å². The molecule has 2 heterocycles. The minimum absolute atomic E-state index is 0.802. The van der Waals surface area contributed by atoms with Crippen molar-refractivity contribution < 1.29 is 0 Å². The summed E-state index contributed by atoms with van der Waals surface area (Å²) >= 11 is 3.52. The molecule has 1 saturated heterocycles. The van der Waals surface area contributed by atoms with Crippen molar-refractivity contribution in [2.24, 2.45) is 5.92 Å². The van der Waals surface area contributed by atoms with E-state index in [0.29, 0.717) is 0 Å². The van der Waals surface area contributed by atoms with Gasteiger partial charge in [-0.05, 0) is 56.5 Å². The first-order valence-electron chi connectivity index (χ1n) is 6.21. The molecule has 0 bridgehead atoms. The first-order valence-corrected chi connectivity index (χ1v) is 7.01. The SMILES string of the molecule is Cc1[nH]c2cc(Br)ccc2c1CC1CCNC1. The second kappa shape index (κ2) is 4.46. The highest BCUT2D eigenvalue weighted by atomic mass is 79.9. The molecule has 2 N–H and O–H groups in total. The van der Waals surface area contributed by atoms with Gasteiger partial charge in [-0.15, -0.1) is 0 Å². The molecule has 1 aliphatic heterocycles. The monoisotopic (exact) mass is 292 g/mol. The highest BCUT2D eigenvalue weighted by molar-refractivity contribution is 9.10. The van der Waals surface area contributed by atoms with Crippen LogP contribution in [0.5, 0.6) is 0 Å². The van der Waals surface area contributed by atoms with Gasteiger partial charge in [-0.1, -0.05) is 22.0 Å². The first-order chi connectivity index (χ1) is 8.24. The van der Waals surface area contributed by atoms with Crippen molar-refractivity contribution in [3.05, 3.63) is 33.9 Å². The fraction of sp³-hybridized carbons (Fsp3) is 0.429. The Hall–Kier alpha value is -0.800. The molecule has 1 fully saturated rings. The van der Waals surface area contributed by atoms with Gasteiger partial charge in [0.1, 0.15) is 0 Å². The van der Waals surface area contributed by atoms with Crippen molar-refractivity contribution in [1.29, 1.82) is 0 Å². The molecule has 1 aromatic carbocycles. The minimum atomic E-state index is 0.802. The van der Waals surface area contributed by atoms with Crippen LogP contribution in [0.15, 0.2) is 22.7 Å². The highest BCUT2D eigenvalue weighted by Gasteiger charge is 2.18. The molecule has 90 valence electrons. The summed E-state index contributed by atoms with van der Waals surface area (Å²) in [5, 5.41) is 4.83. The third kappa shape index (κ3) is 2.14. The Morgan fingerprint density at radius 3 is 3.06 bits per heavy atom. The summed E-state index contributed by atoms with van der Waals surface area (Å²) in [4.78, 5) is 3.49. The Labute approximate surface area is 110 Å². The maximum absolute atomic E-state index is 3.52. The quantitative estimate of drug-likeness (QED) is 0.872. The first kappa shape index (κ1) is 11.3. The number of halogens is 1. The molecular weight excluding hydrogens is 276 g/mol. The van der Waals surface area contributed by atoms with Gasteiger partial charge in [0.05, 0.1) is 0 Å². The van der Waals surface area contributed by atoms with Crippen molar-refractivity contribution in [2.45, 2.75) is 19.8 Å². The molecule has 3 heteroatoms. The smallest absolute Gasteiger partial charge is 0.0470 e. The summed E-state index contributed by atoms with van der Waals surface area (Å²) in [5.41, 5.74) is 4.07. The number of aromatic nitrogens is 1. The number of aryl methyl sites for hydroxylation is 1. The molecule has 1 atom stereocenters. The Morgan fingerprint density at radius 1 is 1.41 bits per heavy atom. The molecule has 17 heavy (non-hydrogen) atoms. The molecule has 1 aromatic heterocycles. The van der Waals surface area contributed by atoms with Gasteiger partial charge >= 0.3 is 0 Å². The summed E-state index contributed by atoms with van der Waals surface area (Å²) in [7, 11) is 0. The van der Waals surface area contributed by atoms with Crippen LogP contribution in [0.3, 0.4) is 0 Å². The van der Waals surface area contributed by atoms with E-state index in [4.69, 9.17) is 0 Å². The van der Waals surface area contributed by atoms with Gasteiger partial charge in [-0.25, -0.2) is 0 Å². The third-order valence-corrected chi connectivity index (χ3v) is 4.23. The normalized spacial score (nSPS) is 20.2. The number of H-pyrrole nitrogens is 1. The van der Waals surface area contributed by atoms with Crippen molar-refractivity contribution in [1.82, 2.24) is 10.3 Å². The number of nitrogens with one attached hydrogen (secondary N) is 2. The highest BCUT2D eigenvalue weighted by Crippen LogP contribution is 2.28. The molecule has 0 aliphatic carbocycles. The average molecular weight is 293 g/mol. The van der Waals surface area contributed by atoms with Gasteiger partial charge in [0.2, 0.25) is 0 Å². The van der Waals surface area contributed by atoms with Crippen LogP contribution in [-0.4, -0.2) is 18.1 Å². The lowest BCUT2D eigenvalue weighted by molar-refractivity contribution is 0.580. The van der Waals surface area contributed by atoms with Crippen molar-refractivity contribution >= 4 is 26.8 Å². The van der Waals surface area contributed by atoms with E-state index in [1.165, 1.54) is 48.1 Å². The van der Waals surface area contributed by atoms with Gasteiger partial charge in [0, 0.05) is 21.1 Å². The summed E-state index contributed by atoms with van der Waals surface area (Å²) in [6.07, 6.45) is 2.50. The second-order valence-electron chi connectivity index (χ2n) is 4.98. The number of rotatable bonds is 2. The zero-order chi connectivity index (χ0) is 11.8. The van der Waals surface area contributed by atoms with Crippen LogP contribution in [0, 0.1) is 12.8 Å². The van der Waals surface area contributed by atoms with Crippen molar-refractivity contribution in [3.63, 3.8) is 0 Å². The van der Waals surface area contributed by atoms with Gasteiger partial charge in [-0.3, -0.25) is 0 Å². The van der Waals surface area contributed by atoms with Crippen LogP contribution in [0.25, 0.3) is 10.9 Å². The van der Waals surface area contributed by atoms with Crippen LogP contribution < -0.4 is 5.32 Å². The number of fused-ring (bicyclic) bond motifs is 1. The lowest BCUT2D eigenvalue weighted by atomic mass is 9.96. The van der Waals surface area contributed by atoms with Gasteiger partial charge < -0.3 is 10.3 Å². The van der Waals surface area contributed by atoms with Gasteiger partial charge in [0.25, 0.3) is 0 Å². The molecule has 0 saturated carbocycles. The minimum Gasteiger partial charge on any atom is -0.358 e. The number of aromatic amines is 1. The predicted octanol–water partition coefficient (Wildman–Crippen LogP) is 3.39. The fourth-order valence-corrected chi connectivity index (χ4v) is 3.16. The van der Waals surface area contributed by atoms with E-state index in [0.717, 1.165) is 10.4 Å². The Morgan fingerprint density at radius 2 is 2.29 bits per heavy atom. The third-order valence-electron chi connectivity index (χ3n) is 3.74. The summed E-state index contributed by atoms with van der Waals surface area (Å²) in [6, 6.07) is 6.52. The van der Waals surface area contributed by atoms with E-state index in [-0.39, 0.29) is 0 Å². The maximum Gasteiger partial charge on any atom is 0.0470 e. The standard InChI is InChI=1S/C14H17BrN2/c1-9-13(6-10-4-5-16-8-10)12-3-2-11(15)7-14(12)17-9/h2-3,7,10,16-17H,4-6,8H2,1H3. The molecule has 1 aliphatic rings. The van der Waals surface area contributed by atoms with Gasteiger partial charge in [0.15, 0.2) is 0 Å². The fourth-order valence-electron chi connectivity index (χ4n) is 2.80. The van der Waals surface area contributed by atoms with Crippen molar-refractivity contribution in [2.75, 3.05) is 13.1 Å². The molecule has 3 rings (SSSR count). The van der Waals surface area contributed by atoms with Crippen LogP contribution in [0.4, 0.5) is 0 Å². The van der Waals surface area contributed by atoms with Crippen LogP contribution in [0.1, 0.15) is 17.7 Å². The number of benzene rings is 1. The van der Waals surface area contributed by atoms with Crippen molar-refractivity contribution in [3.8, 4) is 0 Å².